The number of halogens is 2. The molecule has 0 aromatic heterocycles. The fourth-order valence-corrected chi connectivity index (χ4v) is 1.91. The van der Waals surface area contributed by atoms with Crippen molar-refractivity contribution >= 4 is 38.6 Å². The van der Waals surface area contributed by atoms with Crippen molar-refractivity contribution < 1.29 is 22.2 Å². The minimum Gasteiger partial charge on any atom is -0.351 e. The van der Waals surface area contributed by atoms with Crippen LogP contribution in [-0.2, 0) is 10.1 Å². The summed E-state index contributed by atoms with van der Waals surface area (Å²) >= 11 is 1.92. The minimum atomic E-state index is -4.13. The SMILES string of the molecule is O=C(NCCS(=O)(=O)O)c1cc(I)ccc1F. The van der Waals surface area contributed by atoms with Crippen LogP contribution in [0.4, 0.5) is 4.39 Å². The zero-order chi connectivity index (χ0) is 13.1. The molecule has 0 aliphatic carbocycles. The largest absolute Gasteiger partial charge is 0.351 e. The molecule has 0 spiro atoms. The predicted molar refractivity (Wildman–Crippen MR) is 67.9 cm³/mol. The van der Waals surface area contributed by atoms with Crippen LogP contribution in [0.1, 0.15) is 10.4 Å². The molecule has 1 aromatic carbocycles. The van der Waals surface area contributed by atoms with Crippen LogP contribution in [0.15, 0.2) is 18.2 Å². The highest BCUT2D eigenvalue weighted by Crippen LogP contribution is 2.12. The van der Waals surface area contributed by atoms with Gasteiger partial charge in [-0.2, -0.15) is 8.42 Å². The Morgan fingerprint density at radius 3 is 2.71 bits per heavy atom. The lowest BCUT2D eigenvalue weighted by Gasteiger charge is -2.05. The molecule has 0 saturated carbocycles. The van der Waals surface area contributed by atoms with Gasteiger partial charge in [0.1, 0.15) is 5.82 Å². The Kier molecular flexibility index (Phi) is 4.83. The van der Waals surface area contributed by atoms with Crippen molar-refractivity contribution in [2.45, 2.75) is 0 Å². The van der Waals surface area contributed by atoms with Gasteiger partial charge in [-0.1, -0.05) is 0 Å². The van der Waals surface area contributed by atoms with Crippen LogP contribution in [0.25, 0.3) is 0 Å². The first-order chi connectivity index (χ1) is 7.79. The molecule has 17 heavy (non-hydrogen) atoms. The lowest BCUT2D eigenvalue weighted by molar-refractivity contribution is 0.0952. The Morgan fingerprint density at radius 1 is 1.47 bits per heavy atom. The Balaban J connectivity index is 2.67. The first-order valence-corrected chi connectivity index (χ1v) is 7.17. The van der Waals surface area contributed by atoms with E-state index in [4.69, 9.17) is 4.55 Å². The first kappa shape index (κ1) is 14.3. The van der Waals surface area contributed by atoms with Crippen LogP contribution in [0.2, 0.25) is 0 Å². The zero-order valence-electron chi connectivity index (χ0n) is 8.48. The van der Waals surface area contributed by atoms with Gasteiger partial charge in [0, 0.05) is 10.1 Å². The Morgan fingerprint density at radius 2 is 2.12 bits per heavy atom. The first-order valence-electron chi connectivity index (χ1n) is 4.48. The lowest BCUT2D eigenvalue weighted by Crippen LogP contribution is -2.29. The molecule has 0 radical (unpaired) electrons. The topological polar surface area (TPSA) is 83.5 Å². The van der Waals surface area contributed by atoms with Gasteiger partial charge in [0.15, 0.2) is 0 Å². The average molecular weight is 373 g/mol. The molecule has 1 amide bonds. The Labute approximate surface area is 111 Å². The maximum atomic E-state index is 13.2. The summed E-state index contributed by atoms with van der Waals surface area (Å²) < 4.78 is 43.2. The minimum absolute atomic E-state index is 0.160. The number of hydrogen-bond donors (Lipinski definition) is 2. The molecule has 0 fully saturated rings. The second-order valence-electron chi connectivity index (χ2n) is 3.17. The summed E-state index contributed by atoms with van der Waals surface area (Å²) in [5.41, 5.74) is -0.160. The normalized spacial score (nSPS) is 11.2. The van der Waals surface area contributed by atoms with E-state index in [0.717, 1.165) is 6.07 Å². The Hall–Kier alpha value is -0.740. The number of carbonyl (C=O) groups is 1. The van der Waals surface area contributed by atoms with Gasteiger partial charge in [0.05, 0.1) is 11.3 Å². The highest BCUT2D eigenvalue weighted by Gasteiger charge is 2.12. The second-order valence-corrected chi connectivity index (χ2v) is 5.98. The average Bonchev–Trinajstić information content (AvgIpc) is 2.19. The number of hydrogen-bond acceptors (Lipinski definition) is 3. The molecule has 94 valence electrons. The summed E-state index contributed by atoms with van der Waals surface area (Å²) in [6.07, 6.45) is 0. The van der Waals surface area contributed by atoms with E-state index in [1.54, 1.807) is 0 Å². The van der Waals surface area contributed by atoms with Gasteiger partial charge < -0.3 is 5.32 Å². The van der Waals surface area contributed by atoms with Gasteiger partial charge in [-0.3, -0.25) is 9.35 Å². The third-order valence-electron chi connectivity index (χ3n) is 1.82. The molecule has 0 atom stereocenters. The highest BCUT2D eigenvalue weighted by molar-refractivity contribution is 14.1. The van der Waals surface area contributed by atoms with Crippen molar-refractivity contribution in [1.82, 2.24) is 5.32 Å². The number of carbonyl (C=O) groups excluding carboxylic acids is 1. The van der Waals surface area contributed by atoms with Crippen LogP contribution in [-0.4, -0.2) is 31.2 Å². The third-order valence-corrected chi connectivity index (χ3v) is 3.21. The van der Waals surface area contributed by atoms with E-state index >= 15 is 0 Å². The summed E-state index contributed by atoms with van der Waals surface area (Å²) in [5, 5.41) is 2.20. The van der Waals surface area contributed by atoms with Crippen LogP contribution in [0.3, 0.4) is 0 Å². The van der Waals surface area contributed by atoms with E-state index in [1.807, 2.05) is 22.6 Å². The van der Waals surface area contributed by atoms with Crippen molar-refractivity contribution in [3.63, 3.8) is 0 Å². The molecule has 5 nitrogen and oxygen atoms in total. The van der Waals surface area contributed by atoms with Crippen molar-refractivity contribution in [3.05, 3.63) is 33.1 Å². The zero-order valence-corrected chi connectivity index (χ0v) is 11.5. The van der Waals surface area contributed by atoms with Crippen molar-refractivity contribution in [3.8, 4) is 0 Å². The molecular formula is C9H9FINO4S. The quantitative estimate of drug-likeness (QED) is 0.611. The maximum Gasteiger partial charge on any atom is 0.266 e. The van der Waals surface area contributed by atoms with Gasteiger partial charge >= 0.3 is 0 Å². The van der Waals surface area contributed by atoms with Crippen LogP contribution >= 0.6 is 22.6 Å². The van der Waals surface area contributed by atoms with E-state index in [2.05, 4.69) is 5.32 Å². The Bertz CT molecular complexity index is 532. The van der Waals surface area contributed by atoms with Crippen LogP contribution < -0.4 is 5.32 Å². The van der Waals surface area contributed by atoms with Gasteiger partial charge in [-0.25, -0.2) is 4.39 Å². The monoisotopic (exact) mass is 373 g/mol. The summed E-state index contributed by atoms with van der Waals surface area (Å²) in [6, 6.07) is 4.00. The number of amides is 1. The molecule has 0 aliphatic rings. The molecule has 0 bridgehead atoms. The van der Waals surface area contributed by atoms with Crippen molar-refractivity contribution in [2.75, 3.05) is 12.3 Å². The lowest BCUT2D eigenvalue weighted by atomic mass is 10.2. The molecule has 1 aromatic rings. The third kappa shape index (κ3) is 4.96. The number of rotatable bonds is 4. The summed E-state index contributed by atoms with van der Waals surface area (Å²) in [4.78, 5) is 11.5. The maximum absolute atomic E-state index is 13.2. The van der Waals surface area contributed by atoms with E-state index < -0.39 is 27.6 Å². The smallest absolute Gasteiger partial charge is 0.266 e. The van der Waals surface area contributed by atoms with Gasteiger partial charge in [0.25, 0.3) is 16.0 Å². The fraction of sp³-hybridized carbons (Fsp3) is 0.222. The molecule has 0 unspecified atom stereocenters. The molecule has 0 aliphatic heterocycles. The van der Waals surface area contributed by atoms with E-state index in [-0.39, 0.29) is 12.1 Å². The molecule has 2 N–H and O–H groups in total. The second kappa shape index (κ2) is 5.74. The summed E-state index contributed by atoms with van der Waals surface area (Å²) in [5.74, 6) is -2.01. The summed E-state index contributed by atoms with van der Waals surface area (Å²) in [7, 11) is -4.13. The van der Waals surface area contributed by atoms with E-state index in [1.165, 1.54) is 12.1 Å². The van der Waals surface area contributed by atoms with E-state index in [9.17, 15) is 17.6 Å². The van der Waals surface area contributed by atoms with Crippen LogP contribution in [0.5, 0.6) is 0 Å². The molecule has 0 saturated heterocycles. The molecule has 0 heterocycles. The van der Waals surface area contributed by atoms with Gasteiger partial charge in [0.2, 0.25) is 0 Å². The standard InChI is InChI=1S/C9H9FINO4S/c10-8-2-1-6(11)5-7(8)9(13)12-3-4-17(14,15)16/h1-2,5H,3-4H2,(H,12,13)(H,14,15,16). The predicted octanol–water partition coefficient (Wildman–Crippen LogP) is 1.05. The van der Waals surface area contributed by atoms with Crippen molar-refractivity contribution in [1.29, 1.82) is 0 Å². The molecular weight excluding hydrogens is 364 g/mol. The number of nitrogens with one attached hydrogen (secondary N) is 1. The number of benzene rings is 1. The van der Waals surface area contributed by atoms with Gasteiger partial charge in [-0.15, -0.1) is 0 Å². The van der Waals surface area contributed by atoms with Crippen LogP contribution in [0, 0.1) is 9.39 Å². The fourth-order valence-electron chi connectivity index (χ4n) is 1.06. The summed E-state index contributed by atoms with van der Waals surface area (Å²) in [6.45, 7) is -0.275. The molecule has 1 rings (SSSR count). The highest BCUT2D eigenvalue weighted by atomic mass is 127. The molecule has 8 heteroatoms. The van der Waals surface area contributed by atoms with Gasteiger partial charge in [-0.05, 0) is 40.8 Å². The van der Waals surface area contributed by atoms with Crippen molar-refractivity contribution in [2.24, 2.45) is 0 Å². The van der Waals surface area contributed by atoms with E-state index in [0.29, 0.717) is 3.57 Å².